The number of nitrogens with two attached hydrogens (primary N) is 1. The number of nitrogens with zero attached hydrogens (tertiary/aromatic N) is 1. The van der Waals surface area contributed by atoms with Crippen molar-refractivity contribution in [1.29, 1.82) is 0 Å². The van der Waals surface area contributed by atoms with Gasteiger partial charge >= 0.3 is 0 Å². The molecule has 1 aliphatic rings. The van der Waals surface area contributed by atoms with E-state index >= 15 is 0 Å². The lowest BCUT2D eigenvalue weighted by Crippen LogP contribution is -2.38. The van der Waals surface area contributed by atoms with Crippen molar-refractivity contribution in [3.63, 3.8) is 0 Å². The zero-order valence-electron chi connectivity index (χ0n) is 12.2. The molecule has 0 radical (unpaired) electrons. The minimum Gasteiger partial charge on any atom is -0.382 e. The van der Waals surface area contributed by atoms with Crippen LogP contribution < -0.4 is 11.1 Å². The first-order chi connectivity index (χ1) is 8.58. The van der Waals surface area contributed by atoms with E-state index in [1.807, 2.05) is 6.92 Å². The van der Waals surface area contributed by atoms with Crippen molar-refractivity contribution in [1.82, 2.24) is 5.32 Å². The van der Waals surface area contributed by atoms with Crippen LogP contribution in [0.25, 0.3) is 0 Å². The summed E-state index contributed by atoms with van der Waals surface area (Å²) < 4.78 is 5.46. The van der Waals surface area contributed by atoms with E-state index in [4.69, 9.17) is 10.5 Å². The van der Waals surface area contributed by atoms with Crippen LogP contribution in [-0.2, 0) is 4.74 Å². The summed E-state index contributed by atoms with van der Waals surface area (Å²) in [6.07, 6.45) is 4.96. The van der Waals surface area contributed by atoms with Gasteiger partial charge in [-0.25, -0.2) is 0 Å². The van der Waals surface area contributed by atoms with Gasteiger partial charge in [0.1, 0.15) is 0 Å². The highest BCUT2D eigenvalue weighted by Crippen LogP contribution is 2.44. The van der Waals surface area contributed by atoms with Gasteiger partial charge in [0.05, 0.1) is 0 Å². The largest absolute Gasteiger partial charge is 0.382 e. The van der Waals surface area contributed by atoms with Gasteiger partial charge in [-0.2, -0.15) is 0 Å². The Morgan fingerprint density at radius 2 is 2.17 bits per heavy atom. The Morgan fingerprint density at radius 3 is 2.67 bits per heavy atom. The SMILES string of the molecule is CCOCCC1(CN=C(N)NCC(C)C)CCC1. The van der Waals surface area contributed by atoms with Crippen molar-refractivity contribution >= 4 is 5.96 Å². The second-order valence-corrected chi connectivity index (χ2v) is 5.78. The molecule has 4 nitrogen and oxygen atoms in total. The van der Waals surface area contributed by atoms with Gasteiger partial charge in [0.2, 0.25) is 0 Å². The number of hydrogen-bond acceptors (Lipinski definition) is 2. The van der Waals surface area contributed by atoms with Crippen LogP contribution in [-0.4, -0.2) is 32.3 Å². The highest BCUT2D eigenvalue weighted by Gasteiger charge is 2.36. The first kappa shape index (κ1) is 15.3. The van der Waals surface area contributed by atoms with Gasteiger partial charge < -0.3 is 15.8 Å². The number of guanidine groups is 1. The first-order valence-electron chi connectivity index (χ1n) is 7.19. The van der Waals surface area contributed by atoms with Crippen molar-refractivity contribution in [2.75, 3.05) is 26.3 Å². The molecule has 1 rings (SSSR count). The minimum absolute atomic E-state index is 0.360. The summed E-state index contributed by atoms with van der Waals surface area (Å²) in [7, 11) is 0. The van der Waals surface area contributed by atoms with E-state index in [-0.39, 0.29) is 0 Å². The van der Waals surface area contributed by atoms with E-state index in [9.17, 15) is 0 Å². The Morgan fingerprint density at radius 1 is 1.44 bits per heavy atom. The number of nitrogens with one attached hydrogen (secondary N) is 1. The fourth-order valence-electron chi connectivity index (χ4n) is 2.21. The molecule has 0 aliphatic heterocycles. The smallest absolute Gasteiger partial charge is 0.188 e. The maximum atomic E-state index is 5.87. The number of aliphatic imine (C=N–C) groups is 1. The normalized spacial score (nSPS) is 18.8. The average Bonchev–Trinajstić information content (AvgIpc) is 2.29. The molecule has 1 saturated carbocycles. The van der Waals surface area contributed by atoms with Crippen molar-refractivity contribution < 1.29 is 4.74 Å². The molecule has 1 aliphatic carbocycles. The molecule has 4 heteroatoms. The first-order valence-corrected chi connectivity index (χ1v) is 7.19. The summed E-state index contributed by atoms with van der Waals surface area (Å²) in [4.78, 5) is 4.50. The lowest BCUT2D eigenvalue weighted by atomic mass is 9.67. The lowest BCUT2D eigenvalue weighted by Gasteiger charge is -2.40. The van der Waals surface area contributed by atoms with Crippen LogP contribution in [0.15, 0.2) is 4.99 Å². The molecular formula is C14H29N3O. The van der Waals surface area contributed by atoms with Gasteiger partial charge in [-0.1, -0.05) is 20.3 Å². The van der Waals surface area contributed by atoms with Crippen molar-refractivity contribution in [2.45, 2.75) is 46.5 Å². The predicted octanol–water partition coefficient (Wildman–Crippen LogP) is 2.14. The van der Waals surface area contributed by atoms with Crippen molar-refractivity contribution in [2.24, 2.45) is 22.1 Å². The van der Waals surface area contributed by atoms with Gasteiger partial charge in [0, 0.05) is 26.3 Å². The lowest BCUT2D eigenvalue weighted by molar-refractivity contribution is 0.0609. The zero-order valence-corrected chi connectivity index (χ0v) is 12.2. The molecule has 0 heterocycles. The van der Waals surface area contributed by atoms with E-state index in [2.05, 4.69) is 24.2 Å². The summed E-state index contributed by atoms with van der Waals surface area (Å²) in [6.45, 7) is 9.76. The third-order valence-corrected chi connectivity index (χ3v) is 3.67. The maximum absolute atomic E-state index is 5.87. The predicted molar refractivity (Wildman–Crippen MR) is 76.7 cm³/mol. The van der Waals surface area contributed by atoms with Crippen LogP contribution in [0.2, 0.25) is 0 Å². The van der Waals surface area contributed by atoms with Gasteiger partial charge in [-0.15, -0.1) is 0 Å². The third kappa shape index (κ3) is 5.25. The summed E-state index contributed by atoms with van der Waals surface area (Å²) in [5, 5.41) is 3.17. The van der Waals surface area contributed by atoms with Crippen LogP contribution in [0, 0.1) is 11.3 Å². The molecule has 18 heavy (non-hydrogen) atoms. The Labute approximate surface area is 111 Å². The molecule has 0 aromatic carbocycles. The number of ether oxygens (including phenoxy) is 1. The van der Waals surface area contributed by atoms with E-state index in [1.54, 1.807) is 0 Å². The van der Waals surface area contributed by atoms with Crippen LogP contribution >= 0.6 is 0 Å². The summed E-state index contributed by atoms with van der Waals surface area (Å²) in [5.74, 6) is 1.18. The van der Waals surface area contributed by atoms with E-state index in [0.717, 1.165) is 32.7 Å². The van der Waals surface area contributed by atoms with Crippen LogP contribution in [0.3, 0.4) is 0 Å². The summed E-state index contributed by atoms with van der Waals surface area (Å²) in [6, 6.07) is 0. The van der Waals surface area contributed by atoms with Gasteiger partial charge in [-0.05, 0) is 37.5 Å². The van der Waals surface area contributed by atoms with Crippen LogP contribution in [0.1, 0.15) is 46.5 Å². The molecular weight excluding hydrogens is 226 g/mol. The molecule has 0 atom stereocenters. The highest BCUT2D eigenvalue weighted by atomic mass is 16.5. The molecule has 0 bridgehead atoms. The molecule has 1 fully saturated rings. The molecule has 0 saturated heterocycles. The summed E-state index contributed by atoms with van der Waals surface area (Å²) >= 11 is 0. The summed E-state index contributed by atoms with van der Waals surface area (Å²) in [5.41, 5.74) is 6.23. The third-order valence-electron chi connectivity index (χ3n) is 3.67. The second-order valence-electron chi connectivity index (χ2n) is 5.78. The molecule has 3 N–H and O–H groups in total. The van der Waals surface area contributed by atoms with Gasteiger partial charge in [0.25, 0.3) is 0 Å². The number of rotatable bonds is 8. The quantitative estimate of drug-likeness (QED) is 0.397. The van der Waals surface area contributed by atoms with E-state index in [0.29, 0.717) is 17.3 Å². The van der Waals surface area contributed by atoms with Gasteiger partial charge in [0.15, 0.2) is 5.96 Å². The highest BCUT2D eigenvalue weighted by molar-refractivity contribution is 5.77. The standard InChI is InChI=1S/C14H29N3O/c1-4-18-9-8-14(6-5-7-14)11-17-13(15)16-10-12(2)3/h12H,4-11H2,1-3H3,(H3,15,16,17). The second kappa shape index (κ2) is 7.62. The topological polar surface area (TPSA) is 59.6 Å². The van der Waals surface area contributed by atoms with Gasteiger partial charge in [-0.3, -0.25) is 4.99 Å². The molecule has 0 aromatic rings. The molecule has 106 valence electrons. The Bertz CT molecular complexity index is 260. The molecule has 0 spiro atoms. The van der Waals surface area contributed by atoms with E-state index < -0.39 is 0 Å². The molecule has 0 amide bonds. The monoisotopic (exact) mass is 255 g/mol. The Kier molecular flexibility index (Phi) is 6.47. The molecule has 0 unspecified atom stereocenters. The fourth-order valence-corrected chi connectivity index (χ4v) is 2.21. The van der Waals surface area contributed by atoms with Crippen molar-refractivity contribution in [3.8, 4) is 0 Å². The van der Waals surface area contributed by atoms with Crippen LogP contribution in [0.4, 0.5) is 0 Å². The van der Waals surface area contributed by atoms with Crippen LogP contribution in [0.5, 0.6) is 0 Å². The van der Waals surface area contributed by atoms with E-state index in [1.165, 1.54) is 19.3 Å². The molecule has 0 aromatic heterocycles. The fraction of sp³-hybridized carbons (Fsp3) is 0.929. The number of hydrogen-bond donors (Lipinski definition) is 2. The average molecular weight is 255 g/mol. The maximum Gasteiger partial charge on any atom is 0.188 e. The Balaban J connectivity index is 2.31. The van der Waals surface area contributed by atoms with Crippen molar-refractivity contribution in [3.05, 3.63) is 0 Å². The Hall–Kier alpha value is -0.770. The minimum atomic E-state index is 0.360. The zero-order chi connectivity index (χ0) is 13.4.